The number of hydrogen-bond acceptors (Lipinski definition) is 2. The van der Waals surface area contributed by atoms with E-state index in [1.54, 1.807) is 6.92 Å². The minimum atomic E-state index is 0.222. The molecule has 0 bridgehead atoms. The van der Waals surface area contributed by atoms with Crippen LogP contribution in [0.3, 0.4) is 0 Å². The lowest BCUT2D eigenvalue weighted by atomic mass is 10.6. The molecule has 0 saturated carbocycles. The first-order valence-corrected chi connectivity index (χ1v) is 1.65. The number of aromatic nitrogens is 3. The summed E-state index contributed by atoms with van der Waals surface area (Å²) >= 11 is 0. The molecule has 0 aliphatic carbocycles. The Balaban J connectivity index is 3.12. The van der Waals surface area contributed by atoms with Gasteiger partial charge in [0.1, 0.15) is 0 Å². The molecule has 0 aliphatic rings. The van der Waals surface area contributed by atoms with E-state index in [2.05, 4.69) is 15.4 Å². The van der Waals surface area contributed by atoms with Crippen LogP contribution in [0, 0.1) is 6.92 Å². The summed E-state index contributed by atoms with van der Waals surface area (Å²) in [5, 5.41) is 9.26. The first kappa shape index (κ1) is 2.34. The Bertz CT molecular complexity index is 142. The lowest BCUT2D eigenvalue weighted by Gasteiger charge is -1.65. The van der Waals surface area contributed by atoms with Crippen molar-refractivity contribution in [1.82, 2.24) is 15.4 Å². The average Bonchev–Trinajstić information content (AvgIpc) is 1.91. The van der Waals surface area contributed by atoms with Crippen molar-refractivity contribution < 1.29 is 1.37 Å². The molecule has 0 aromatic carbocycles. The fraction of sp³-hybridized carbons (Fsp3) is 0.333. The molecule has 0 spiro atoms. The highest BCUT2D eigenvalue weighted by Gasteiger charge is 1.75. The van der Waals surface area contributed by atoms with Crippen molar-refractivity contribution in [2.75, 3.05) is 0 Å². The van der Waals surface area contributed by atoms with Crippen LogP contribution in [0.2, 0.25) is 0 Å². The van der Waals surface area contributed by atoms with Gasteiger partial charge in [-0.05, 0) is 6.92 Å². The zero-order valence-electron chi connectivity index (χ0n) is 4.39. The van der Waals surface area contributed by atoms with Crippen molar-refractivity contribution in [2.45, 2.75) is 6.92 Å². The van der Waals surface area contributed by atoms with Gasteiger partial charge < -0.3 is 0 Å². The topological polar surface area (TPSA) is 41.6 Å². The molecule has 1 aromatic heterocycles. The van der Waals surface area contributed by atoms with Crippen LogP contribution in [0.5, 0.6) is 0 Å². The number of aromatic amines is 1. The van der Waals surface area contributed by atoms with Gasteiger partial charge in [-0.25, -0.2) is 0 Å². The van der Waals surface area contributed by atoms with Crippen LogP contribution in [-0.4, -0.2) is 15.4 Å². The second kappa shape index (κ2) is 1.08. The highest BCUT2D eigenvalue weighted by molar-refractivity contribution is 4.82. The van der Waals surface area contributed by atoms with Gasteiger partial charge in [0.05, 0.1) is 13.2 Å². The van der Waals surface area contributed by atoms with E-state index in [-0.39, 0.29) is 6.17 Å². The summed E-state index contributed by atoms with van der Waals surface area (Å²) < 4.78 is 6.89. The van der Waals surface area contributed by atoms with E-state index >= 15 is 0 Å². The molecule has 1 heterocycles. The smallest absolute Gasteiger partial charge is 0.0880 e. The number of nitrogens with zero attached hydrogens (tertiary/aromatic N) is 2. The van der Waals surface area contributed by atoms with E-state index in [1.807, 2.05) is 0 Å². The summed E-state index contributed by atoms with van der Waals surface area (Å²) in [4.78, 5) is 0. The quantitative estimate of drug-likeness (QED) is 0.485. The third-order valence-corrected chi connectivity index (χ3v) is 0.485. The highest BCUT2D eigenvalue weighted by Crippen LogP contribution is 1.77. The van der Waals surface area contributed by atoms with E-state index in [0.717, 1.165) is 0 Å². The number of nitrogens with one attached hydrogen (secondary N) is 1. The Morgan fingerprint density at radius 1 is 2.17 bits per heavy atom. The highest BCUT2D eigenvalue weighted by atomic mass is 15.3. The first-order valence-electron chi connectivity index (χ1n) is 2.15. The molecule has 3 nitrogen and oxygen atoms in total. The van der Waals surface area contributed by atoms with Gasteiger partial charge >= 0.3 is 0 Å². The summed E-state index contributed by atoms with van der Waals surface area (Å²) in [7, 11) is 0. The number of rotatable bonds is 0. The standard InChI is InChI=1S/C3H5N3/c1-3-2-4-6-5-3/h2H,1H3,(H,4,5,6)/i2D. The predicted molar refractivity (Wildman–Crippen MR) is 21.1 cm³/mol. The van der Waals surface area contributed by atoms with Gasteiger partial charge in [-0.1, -0.05) is 5.21 Å². The van der Waals surface area contributed by atoms with Crippen molar-refractivity contribution in [3.63, 3.8) is 0 Å². The van der Waals surface area contributed by atoms with Crippen molar-refractivity contribution in [3.05, 3.63) is 11.9 Å². The monoisotopic (exact) mass is 84.1 g/mol. The average molecular weight is 84.1 g/mol. The van der Waals surface area contributed by atoms with E-state index in [0.29, 0.717) is 5.69 Å². The minimum Gasteiger partial charge on any atom is -0.263 e. The van der Waals surface area contributed by atoms with E-state index in [9.17, 15) is 0 Å². The minimum absolute atomic E-state index is 0.222. The van der Waals surface area contributed by atoms with Gasteiger partial charge in [-0.2, -0.15) is 0 Å². The Morgan fingerprint density at radius 3 is 3.17 bits per heavy atom. The number of hydrogen-bond donors (Lipinski definition) is 1. The Hall–Kier alpha value is -0.860. The molecule has 3 heteroatoms. The summed E-state index contributed by atoms with van der Waals surface area (Å²) in [6.45, 7) is 1.75. The maximum atomic E-state index is 6.89. The van der Waals surface area contributed by atoms with Gasteiger partial charge in [-0.3, -0.25) is 5.10 Å². The zero-order valence-corrected chi connectivity index (χ0v) is 3.39. The molecular weight excluding hydrogens is 78.1 g/mol. The molecule has 0 amide bonds. The van der Waals surface area contributed by atoms with Crippen LogP contribution < -0.4 is 0 Å². The molecule has 6 heavy (non-hydrogen) atoms. The number of aryl methyl sites for hydroxylation is 1. The van der Waals surface area contributed by atoms with Crippen LogP contribution >= 0.6 is 0 Å². The maximum absolute atomic E-state index is 6.89. The molecular formula is C3H5N3. The SMILES string of the molecule is [2H]c1nn[nH]c1C. The maximum Gasteiger partial charge on any atom is 0.0880 e. The Morgan fingerprint density at radius 2 is 3.00 bits per heavy atom. The molecule has 0 radical (unpaired) electrons. The molecule has 1 rings (SSSR count). The van der Waals surface area contributed by atoms with Gasteiger partial charge in [0.25, 0.3) is 0 Å². The van der Waals surface area contributed by atoms with Crippen LogP contribution in [0.1, 0.15) is 7.06 Å². The number of H-pyrrole nitrogens is 1. The third kappa shape index (κ3) is 0.381. The van der Waals surface area contributed by atoms with E-state index in [1.165, 1.54) is 0 Å². The normalized spacial score (nSPS) is 11.2. The molecule has 0 aliphatic heterocycles. The predicted octanol–water partition coefficient (Wildman–Crippen LogP) is 0.113. The fourth-order valence-corrected chi connectivity index (χ4v) is 0.225. The Kier molecular flexibility index (Phi) is 0.422. The second-order valence-corrected chi connectivity index (χ2v) is 1.05. The van der Waals surface area contributed by atoms with Crippen LogP contribution in [-0.2, 0) is 0 Å². The zero-order chi connectivity index (χ0) is 5.28. The molecule has 1 N–H and O–H groups in total. The van der Waals surface area contributed by atoms with Gasteiger partial charge in [0, 0.05) is 0 Å². The second-order valence-electron chi connectivity index (χ2n) is 1.05. The van der Waals surface area contributed by atoms with E-state index < -0.39 is 0 Å². The molecule has 0 unspecified atom stereocenters. The molecule has 1 aromatic rings. The van der Waals surface area contributed by atoms with Crippen molar-refractivity contribution in [1.29, 1.82) is 0 Å². The molecule has 0 fully saturated rings. The van der Waals surface area contributed by atoms with Crippen LogP contribution in [0.25, 0.3) is 0 Å². The first-order chi connectivity index (χ1) is 3.30. The van der Waals surface area contributed by atoms with Crippen molar-refractivity contribution in [3.8, 4) is 0 Å². The van der Waals surface area contributed by atoms with Crippen LogP contribution in [0.15, 0.2) is 6.17 Å². The lowest BCUT2D eigenvalue weighted by Crippen LogP contribution is -1.66. The fourth-order valence-electron chi connectivity index (χ4n) is 0.225. The van der Waals surface area contributed by atoms with Crippen molar-refractivity contribution in [2.24, 2.45) is 0 Å². The summed E-state index contributed by atoms with van der Waals surface area (Å²) in [5.41, 5.74) is 0.708. The third-order valence-electron chi connectivity index (χ3n) is 0.485. The molecule has 0 saturated heterocycles. The van der Waals surface area contributed by atoms with E-state index in [4.69, 9.17) is 1.37 Å². The van der Waals surface area contributed by atoms with Gasteiger partial charge in [0.15, 0.2) is 0 Å². The Labute approximate surface area is 36.8 Å². The van der Waals surface area contributed by atoms with Crippen molar-refractivity contribution >= 4 is 0 Å². The van der Waals surface area contributed by atoms with Crippen LogP contribution in [0.4, 0.5) is 0 Å². The molecule has 0 atom stereocenters. The lowest BCUT2D eigenvalue weighted by molar-refractivity contribution is 0.928. The van der Waals surface area contributed by atoms with Gasteiger partial charge in [0.2, 0.25) is 0 Å². The summed E-state index contributed by atoms with van der Waals surface area (Å²) in [6.07, 6.45) is 0.222. The summed E-state index contributed by atoms with van der Waals surface area (Å²) in [6, 6.07) is 0. The summed E-state index contributed by atoms with van der Waals surface area (Å²) in [5.74, 6) is 0. The largest absolute Gasteiger partial charge is 0.263 e. The van der Waals surface area contributed by atoms with Gasteiger partial charge in [-0.15, -0.1) is 5.10 Å². The molecule has 32 valence electrons.